The van der Waals surface area contributed by atoms with Crippen LogP contribution in [-0.2, 0) is 6.54 Å². The van der Waals surface area contributed by atoms with Crippen LogP contribution in [-0.4, -0.2) is 41.9 Å². The van der Waals surface area contributed by atoms with Crippen LogP contribution in [0.4, 0.5) is 0 Å². The minimum atomic E-state index is -0.514. The van der Waals surface area contributed by atoms with Crippen LogP contribution >= 0.6 is 23.2 Å². The Hall–Kier alpha value is -0.320. The van der Waals surface area contributed by atoms with Crippen molar-refractivity contribution in [1.29, 1.82) is 0 Å². The SMILES string of the molecule is CN(Cc1cccc(Cl)c1Cl)CC(C)(CO)CO. The topological polar surface area (TPSA) is 43.7 Å². The van der Waals surface area contributed by atoms with Gasteiger partial charge in [-0.25, -0.2) is 0 Å². The van der Waals surface area contributed by atoms with Gasteiger partial charge in [0.05, 0.1) is 23.3 Å². The van der Waals surface area contributed by atoms with E-state index in [9.17, 15) is 10.2 Å². The van der Waals surface area contributed by atoms with Gasteiger partial charge in [-0.2, -0.15) is 0 Å². The molecule has 18 heavy (non-hydrogen) atoms. The molecule has 0 amide bonds. The number of benzene rings is 1. The zero-order chi connectivity index (χ0) is 13.8. The molecule has 1 aromatic rings. The van der Waals surface area contributed by atoms with Crippen LogP contribution in [0.5, 0.6) is 0 Å². The Morgan fingerprint density at radius 3 is 2.39 bits per heavy atom. The average Bonchev–Trinajstić information content (AvgIpc) is 2.34. The second-order valence-corrected chi connectivity index (χ2v) is 5.80. The quantitative estimate of drug-likeness (QED) is 0.846. The van der Waals surface area contributed by atoms with Crippen LogP contribution in [0, 0.1) is 5.41 Å². The van der Waals surface area contributed by atoms with E-state index in [1.165, 1.54) is 0 Å². The van der Waals surface area contributed by atoms with Gasteiger partial charge in [0, 0.05) is 18.5 Å². The van der Waals surface area contributed by atoms with E-state index in [0.29, 0.717) is 23.1 Å². The smallest absolute Gasteiger partial charge is 0.0637 e. The summed E-state index contributed by atoms with van der Waals surface area (Å²) in [6, 6.07) is 5.52. The molecule has 1 aromatic carbocycles. The lowest BCUT2D eigenvalue weighted by Crippen LogP contribution is -2.38. The molecule has 102 valence electrons. The van der Waals surface area contributed by atoms with Gasteiger partial charge >= 0.3 is 0 Å². The van der Waals surface area contributed by atoms with Gasteiger partial charge in [-0.1, -0.05) is 42.3 Å². The van der Waals surface area contributed by atoms with Crippen molar-refractivity contribution < 1.29 is 10.2 Å². The van der Waals surface area contributed by atoms with Crippen LogP contribution < -0.4 is 0 Å². The summed E-state index contributed by atoms with van der Waals surface area (Å²) < 4.78 is 0. The summed E-state index contributed by atoms with van der Waals surface area (Å²) in [5, 5.41) is 19.6. The minimum Gasteiger partial charge on any atom is -0.396 e. The van der Waals surface area contributed by atoms with Crippen LogP contribution in [0.2, 0.25) is 10.0 Å². The first-order valence-electron chi connectivity index (χ1n) is 5.75. The molecule has 0 saturated carbocycles. The molecule has 0 radical (unpaired) electrons. The number of hydrogen-bond donors (Lipinski definition) is 2. The largest absolute Gasteiger partial charge is 0.396 e. The fraction of sp³-hybridized carbons (Fsp3) is 0.538. The van der Waals surface area contributed by atoms with E-state index in [2.05, 4.69) is 0 Å². The van der Waals surface area contributed by atoms with E-state index in [0.717, 1.165) is 5.56 Å². The van der Waals surface area contributed by atoms with E-state index < -0.39 is 5.41 Å². The van der Waals surface area contributed by atoms with Crippen molar-refractivity contribution >= 4 is 23.2 Å². The normalized spacial score (nSPS) is 12.2. The summed E-state index contributed by atoms with van der Waals surface area (Å²) in [6.45, 7) is 2.91. The molecule has 0 aliphatic heterocycles. The van der Waals surface area contributed by atoms with E-state index in [-0.39, 0.29) is 13.2 Å². The first-order valence-corrected chi connectivity index (χ1v) is 6.50. The van der Waals surface area contributed by atoms with Gasteiger partial charge in [-0.3, -0.25) is 0 Å². The first kappa shape index (κ1) is 15.7. The van der Waals surface area contributed by atoms with E-state index >= 15 is 0 Å². The van der Waals surface area contributed by atoms with E-state index in [1.54, 1.807) is 6.07 Å². The maximum Gasteiger partial charge on any atom is 0.0637 e. The zero-order valence-electron chi connectivity index (χ0n) is 10.7. The molecule has 0 aliphatic rings. The summed E-state index contributed by atoms with van der Waals surface area (Å²) in [5.41, 5.74) is 0.421. The van der Waals surface area contributed by atoms with Crippen molar-refractivity contribution in [2.24, 2.45) is 5.41 Å². The molecule has 1 rings (SSSR count). The minimum absolute atomic E-state index is 0.0584. The van der Waals surface area contributed by atoms with Crippen molar-refractivity contribution in [3.63, 3.8) is 0 Å². The van der Waals surface area contributed by atoms with E-state index in [1.807, 2.05) is 31.0 Å². The second-order valence-electron chi connectivity index (χ2n) is 5.01. The van der Waals surface area contributed by atoms with Crippen LogP contribution in [0.1, 0.15) is 12.5 Å². The lowest BCUT2D eigenvalue weighted by molar-refractivity contribution is 0.0402. The van der Waals surface area contributed by atoms with Gasteiger partial charge in [0.25, 0.3) is 0 Å². The Balaban J connectivity index is 2.70. The fourth-order valence-electron chi connectivity index (χ4n) is 1.82. The summed E-state index contributed by atoms with van der Waals surface area (Å²) in [4.78, 5) is 2.00. The van der Waals surface area contributed by atoms with Crippen LogP contribution in [0.15, 0.2) is 18.2 Å². The Morgan fingerprint density at radius 2 is 1.83 bits per heavy atom. The molecular formula is C13H19Cl2NO2. The van der Waals surface area contributed by atoms with Crippen LogP contribution in [0.25, 0.3) is 0 Å². The Bertz CT molecular complexity index is 395. The van der Waals surface area contributed by atoms with Gasteiger partial charge in [-0.05, 0) is 18.7 Å². The molecule has 3 nitrogen and oxygen atoms in total. The molecule has 0 aromatic heterocycles. The van der Waals surface area contributed by atoms with Gasteiger partial charge in [0.15, 0.2) is 0 Å². The molecule has 5 heteroatoms. The third-order valence-electron chi connectivity index (χ3n) is 2.89. The molecule has 0 heterocycles. The maximum absolute atomic E-state index is 9.27. The highest BCUT2D eigenvalue weighted by Crippen LogP contribution is 2.27. The maximum atomic E-state index is 9.27. The highest BCUT2D eigenvalue weighted by molar-refractivity contribution is 6.42. The summed E-state index contributed by atoms with van der Waals surface area (Å²) in [6.07, 6.45) is 0. The van der Waals surface area contributed by atoms with Gasteiger partial charge < -0.3 is 15.1 Å². The van der Waals surface area contributed by atoms with Crippen molar-refractivity contribution in [3.8, 4) is 0 Å². The number of hydrogen-bond acceptors (Lipinski definition) is 3. The standard InChI is InChI=1S/C13H19Cl2NO2/c1-13(8-17,9-18)7-16(2)6-10-4-3-5-11(14)12(10)15/h3-5,17-18H,6-9H2,1-2H3. The van der Waals surface area contributed by atoms with E-state index in [4.69, 9.17) is 23.2 Å². The summed E-state index contributed by atoms with van der Waals surface area (Å²) in [7, 11) is 1.92. The Morgan fingerprint density at radius 1 is 1.22 bits per heavy atom. The first-order chi connectivity index (χ1) is 8.41. The lowest BCUT2D eigenvalue weighted by Gasteiger charge is -2.30. The van der Waals surface area contributed by atoms with Crippen LogP contribution in [0.3, 0.4) is 0 Å². The summed E-state index contributed by atoms with van der Waals surface area (Å²) in [5.74, 6) is 0. The van der Waals surface area contributed by atoms with Gasteiger partial charge in [0.2, 0.25) is 0 Å². The third kappa shape index (κ3) is 4.11. The second kappa shape index (κ2) is 6.73. The molecule has 0 unspecified atom stereocenters. The molecule has 0 bridgehead atoms. The molecule has 0 aliphatic carbocycles. The molecule has 0 spiro atoms. The zero-order valence-corrected chi connectivity index (χ0v) is 12.2. The van der Waals surface area contributed by atoms with Crippen molar-refractivity contribution in [2.75, 3.05) is 26.8 Å². The van der Waals surface area contributed by atoms with Crippen molar-refractivity contribution in [1.82, 2.24) is 4.90 Å². The monoisotopic (exact) mass is 291 g/mol. The molecule has 0 saturated heterocycles. The van der Waals surface area contributed by atoms with Crippen molar-refractivity contribution in [3.05, 3.63) is 33.8 Å². The number of halogens is 2. The molecule has 0 atom stereocenters. The molecular weight excluding hydrogens is 273 g/mol. The Labute approximate surface area is 118 Å². The highest BCUT2D eigenvalue weighted by Gasteiger charge is 2.24. The number of rotatable bonds is 6. The average molecular weight is 292 g/mol. The fourth-order valence-corrected chi connectivity index (χ4v) is 2.20. The van der Waals surface area contributed by atoms with Gasteiger partial charge in [-0.15, -0.1) is 0 Å². The number of aliphatic hydroxyl groups is 2. The van der Waals surface area contributed by atoms with Crippen molar-refractivity contribution in [2.45, 2.75) is 13.5 Å². The predicted octanol–water partition coefficient (Wildman–Crippen LogP) is 2.42. The highest BCUT2D eigenvalue weighted by atomic mass is 35.5. The lowest BCUT2D eigenvalue weighted by atomic mass is 9.92. The summed E-state index contributed by atoms with van der Waals surface area (Å²) >= 11 is 12.1. The molecule has 2 N–H and O–H groups in total. The Kier molecular flexibility index (Phi) is 5.89. The van der Waals surface area contributed by atoms with Gasteiger partial charge in [0.1, 0.15) is 0 Å². The number of aliphatic hydroxyl groups excluding tert-OH is 2. The molecule has 0 fully saturated rings. The third-order valence-corrected chi connectivity index (χ3v) is 3.74. The number of nitrogens with zero attached hydrogens (tertiary/aromatic N) is 1. The predicted molar refractivity (Wildman–Crippen MR) is 75.1 cm³/mol.